The molecule has 1 aromatic heterocycles. The normalized spacial score (nSPS) is 10.2. The number of benzene rings is 1. The Morgan fingerprint density at radius 3 is 2.58 bits per heavy atom. The molecule has 6 nitrogen and oxygen atoms in total. The maximum atomic E-state index is 11.1. The van der Waals surface area contributed by atoms with E-state index in [9.17, 15) is 10.1 Å². The van der Waals surface area contributed by atoms with E-state index in [4.69, 9.17) is 11.6 Å². The monoisotopic (exact) mass is 278 g/mol. The fraction of sp³-hybridized carbons (Fsp3) is 0.167. The summed E-state index contributed by atoms with van der Waals surface area (Å²) in [5.41, 5.74) is 0.526. The van der Waals surface area contributed by atoms with E-state index in [0.29, 0.717) is 6.54 Å². The Morgan fingerprint density at radius 1 is 1.32 bits per heavy atom. The van der Waals surface area contributed by atoms with Crippen molar-refractivity contribution in [3.63, 3.8) is 0 Å². The highest BCUT2D eigenvalue weighted by Crippen LogP contribution is 2.34. The first-order valence-corrected chi connectivity index (χ1v) is 6.00. The number of nitrogens with zero attached hydrogens (tertiary/aromatic N) is 4. The Bertz CT molecular complexity index is 592. The fourth-order valence-electron chi connectivity index (χ4n) is 1.77. The number of hydrogen-bond donors (Lipinski definition) is 0. The minimum absolute atomic E-state index is 0.163. The van der Waals surface area contributed by atoms with Crippen LogP contribution in [0.5, 0.6) is 0 Å². The number of anilines is 2. The van der Waals surface area contributed by atoms with Gasteiger partial charge >= 0.3 is 5.69 Å². The van der Waals surface area contributed by atoms with E-state index in [0.717, 1.165) is 5.69 Å². The fourth-order valence-corrected chi connectivity index (χ4v) is 1.96. The Balaban J connectivity index is 2.56. The predicted molar refractivity (Wildman–Crippen MR) is 72.8 cm³/mol. The Morgan fingerprint density at radius 2 is 2.00 bits per heavy atom. The van der Waals surface area contributed by atoms with Crippen molar-refractivity contribution < 1.29 is 4.92 Å². The molecule has 1 heterocycles. The van der Waals surface area contributed by atoms with Crippen LogP contribution in [0.15, 0.2) is 36.7 Å². The standard InChI is InChI=1S/C12H11ClN4O2/c1-2-16(9-6-4-3-5-7-9)12-10(17(18)19)11(13)14-8-15-12/h3-8H,2H2,1H3. The molecule has 98 valence electrons. The number of aromatic nitrogens is 2. The van der Waals surface area contributed by atoms with Gasteiger partial charge in [-0.25, -0.2) is 9.97 Å². The molecule has 0 amide bonds. The zero-order valence-corrected chi connectivity index (χ0v) is 10.9. The van der Waals surface area contributed by atoms with E-state index in [1.807, 2.05) is 37.3 Å². The molecule has 0 aliphatic heterocycles. The summed E-state index contributed by atoms with van der Waals surface area (Å²) in [4.78, 5) is 19.9. The zero-order chi connectivity index (χ0) is 13.8. The van der Waals surface area contributed by atoms with Crippen molar-refractivity contribution in [2.24, 2.45) is 0 Å². The highest BCUT2D eigenvalue weighted by Gasteiger charge is 2.26. The van der Waals surface area contributed by atoms with Gasteiger partial charge < -0.3 is 4.90 Å². The Kier molecular flexibility index (Phi) is 3.91. The average molecular weight is 279 g/mol. The van der Waals surface area contributed by atoms with Crippen molar-refractivity contribution in [3.05, 3.63) is 51.9 Å². The molecule has 0 aliphatic rings. The highest BCUT2D eigenvalue weighted by atomic mass is 35.5. The SMILES string of the molecule is CCN(c1ccccc1)c1ncnc(Cl)c1[N+](=O)[O-]. The summed E-state index contributed by atoms with van der Waals surface area (Å²) in [6.45, 7) is 2.41. The van der Waals surface area contributed by atoms with Crippen molar-refractivity contribution in [1.82, 2.24) is 9.97 Å². The smallest absolute Gasteiger partial charge is 0.321 e. The van der Waals surface area contributed by atoms with Gasteiger partial charge in [0.15, 0.2) is 0 Å². The lowest BCUT2D eigenvalue weighted by atomic mass is 10.2. The number of hydrogen-bond acceptors (Lipinski definition) is 5. The van der Waals surface area contributed by atoms with Crippen molar-refractivity contribution in [3.8, 4) is 0 Å². The van der Waals surface area contributed by atoms with E-state index in [2.05, 4.69) is 9.97 Å². The summed E-state index contributed by atoms with van der Waals surface area (Å²) in [6, 6.07) is 9.28. The number of para-hydroxylation sites is 1. The van der Waals surface area contributed by atoms with Gasteiger partial charge in [-0.15, -0.1) is 0 Å². The molecule has 0 saturated carbocycles. The van der Waals surface area contributed by atoms with Crippen LogP contribution in [0.2, 0.25) is 5.15 Å². The maximum absolute atomic E-state index is 11.1. The van der Waals surface area contributed by atoms with Crippen LogP contribution in [0.25, 0.3) is 0 Å². The molecule has 0 N–H and O–H groups in total. The van der Waals surface area contributed by atoms with E-state index in [1.165, 1.54) is 6.33 Å². The molecule has 19 heavy (non-hydrogen) atoms. The van der Waals surface area contributed by atoms with E-state index in [1.54, 1.807) is 4.90 Å². The summed E-state index contributed by atoms with van der Waals surface area (Å²) in [5, 5.41) is 10.9. The Labute approximate surface area is 114 Å². The molecule has 2 rings (SSSR count). The van der Waals surface area contributed by atoms with Crippen LogP contribution in [-0.2, 0) is 0 Å². The van der Waals surface area contributed by atoms with Gasteiger partial charge in [0.2, 0.25) is 11.0 Å². The van der Waals surface area contributed by atoms with Crippen molar-refractivity contribution >= 4 is 28.8 Å². The summed E-state index contributed by atoms with van der Waals surface area (Å²) < 4.78 is 0. The van der Waals surface area contributed by atoms with Gasteiger partial charge in [-0.3, -0.25) is 10.1 Å². The minimum Gasteiger partial charge on any atom is -0.321 e. The first-order valence-electron chi connectivity index (χ1n) is 5.62. The van der Waals surface area contributed by atoms with E-state index >= 15 is 0 Å². The molecule has 0 saturated heterocycles. The van der Waals surface area contributed by atoms with E-state index < -0.39 is 4.92 Å². The third-order valence-electron chi connectivity index (χ3n) is 2.58. The van der Waals surface area contributed by atoms with Crippen LogP contribution in [0.1, 0.15) is 6.92 Å². The molecule has 0 radical (unpaired) electrons. The van der Waals surface area contributed by atoms with Crippen LogP contribution in [-0.4, -0.2) is 21.4 Å². The molecule has 1 aromatic carbocycles. The molecule has 0 unspecified atom stereocenters. The maximum Gasteiger partial charge on any atom is 0.348 e. The quantitative estimate of drug-likeness (QED) is 0.488. The van der Waals surface area contributed by atoms with Crippen LogP contribution >= 0.6 is 11.6 Å². The van der Waals surface area contributed by atoms with Gasteiger partial charge in [0.1, 0.15) is 6.33 Å². The third-order valence-corrected chi connectivity index (χ3v) is 2.86. The summed E-state index contributed by atoms with van der Waals surface area (Å²) >= 11 is 5.79. The molecule has 0 fully saturated rings. The molecular weight excluding hydrogens is 268 g/mol. The largest absolute Gasteiger partial charge is 0.348 e. The van der Waals surface area contributed by atoms with Gasteiger partial charge in [-0.1, -0.05) is 29.8 Å². The zero-order valence-electron chi connectivity index (χ0n) is 10.2. The number of nitro groups is 1. The highest BCUT2D eigenvalue weighted by molar-refractivity contribution is 6.31. The lowest BCUT2D eigenvalue weighted by Gasteiger charge is -2.21. The summed E-state index contributed by atoms with van der Waals surface area (Å²) in [7, 11) is 0. The first-order chi connectivity index (χ1) is 9.15. The minimum atomic E-state index is -0.566. The van der Waals surface area contributed by atoms with Gasteiger partial charge in [0.05, 0.1) is 4.92 Å². The van der Waals surface area contributed by atoms with Crippen molar-refractivity contribution in [1.29, 1.82) is 0 Å². The second-order valence-electron chi connectivity index (χ2n) is 3.67. The third kappa shape index (κ3) is 2.63. The molecule has 0 atom stereocenters. The van der Waals surface area contributed by atoms with Crippen molar-refractivity contribution in [2.75, 3.05) is 11.4 Å². The van der Waals surface area contributed by atoms with Crippen molar-refractivity contribution in [2.45, 2.75) is 6.92 Å². The van der Waals surface area contributed by atoms with Gasteiger partial charge in [-0.2, -0.15) is 0 Å². The van der Waals surface area contributed by atoms with Crippen LogP contribution in [0, 0.1) is 10.1 Å². The van der Waals surface area contributed by atoms with E-state index in [-0.39, 0.29) is 16.7 Å². The predicted octanol–water partition coefficient (Wildman–Crippen LogP) is 3.20. The summed E-state index contributed by atoms with van der Waals surface area (Å²) in [6.07, 6.45) is 1.22. The molecule has 0 bridgehead atoms. The molecular formula is C12H11ClN4O2. The number of halogens is 1. The first kappa shape index (κ1) is 13.2. The van der Waals surface area contributed by atoms with Crippen LogP contribution < -0.4 is 4.90 Å². The lowest BCUT2D eigenvalue weighted by molar-refractivity contribution is -0.384. The molecule has 0 spiro atoms. The summed E-state index contributed by atoms with van der Waals surface area (Å²) in [5.74, 6) is 0.193. The van der Waals surface area contributed by atoms with Gasteiger partial charge in [0, 0.05) is 12.2 Å². The molecule has 7 heteroatoms. The van der Waals surface area contributed by atoms with Crippen LogP contribution in [0.3, 0.4) is 0 Å². The van der Waals surface area contributed by atoms with Gasteiger partial charge in [-0.05, 0) is 19.1 Å². The lowest BCUT2D eigenvalue weighted by Crippen LogP contribution is -2.19. The molecule has 0 aliphatic carbocycles. The second-order valence-corrected chi connectivity index (χ2v) is 4.03. The number of rotatable bonds is 4. The topological polar surface area (TPSA) is 72.2 Å². The second kappa shape index (κ2) is 5.62. The Hall–Kier alpha value is -2.21. The van der Waals surface area contributed by atoms with Gasteiger partial charge in [0.25, 0.3) is 0 Å². The van der Waals surface area contributed by atoms with Crippen LogP contribution in [0.4, 0.5) is 17.2 Å². The average Bonchev–Trinajstić information content (AvgIpc) is 2.40. The molecule has 2 aromatic rings.